The minimum absolute atomic E-state index is 0.00775. The van der Waals surface area contributed by atoms with Gasteiger partial charge in [-0.25, -0.2) is 8.42 Å². The Kier molecular flexibility index (Phi) is 13.8. The molecule has 3 fully saturated rings. The van der Waals surface area contributed by atoms with E-state index in [9.17, 15) is 13.5 Å². The highest BCUT2D eigenvalue weighted by Crippen LogP contribution is 2.41. The van der Waals surface area contributed by atoms with E-state index in [1.54, 1.807) is 43.5 Å². The van der Waals surface area contributed by atoms with Crippen LogP contribution in [-0.4, -0.2) is 95.0 Å². The molecular formula is C36H53NO8S. The van der Waals surface area contributed by atoms with E-state index in [0.717, 1.165) is 36.8 Å². The highest BCUT2D eigenvalue weighted by atomic mass is 32.2. The highest BCUT2D eigenvalue weighted by Gasteiger charge is 2.48. The molecule has 46 heavy (non-hydrogen) atoms. The van der Waals surface area contributed by atoms with Gasteiger partial charge in [-0.3, -0.25) is 0 Å². The van der Waals surface area contributed by atoms with E-state index >= 15 is 0 Å². The van der Waals surface area contributed by atoms with Crippen LogP contribution in [-0.2, 0) is 33.5 Å². The molecule has 0 radical (unpaired) electrons. The van der Waals surface area contributed by atoms with Crippen molar-refractivity contribution in [3.8, 4) is 0 Å². The molecule has 6 unspecified atom stereocenters. The van der Waals surface area contributed by atoms with E-state index in [4.69, 9.17) is 29.4 Å². The smallest absolute Gasteiger partial charge is 0.178 e. The molecule has 1 aromatic carbocycles. The number of sulfone groups is 1. The quantitative estimate of drug-likeness (QED) is 0.183. The van der Waals surface area contributed by atoms with Crippen LogP contribution in [0, 0.1) is 11.8 Å². The summed E-state index contributed by atoms with van der Waals surface area (Å²) in [7, 11) is -2.08. The van der Waals surface area contributed by atoms with Gasteiger partial charge >= 0.3 is 0 Å². The van der Waals surface area contributed by atoms with Crippen molar-refractivity contribution in [3.63, 3.8) is 0 Å². The second-order valence-electron chi connectivity index (χ2n) is 12.8. The van der Waals surface area contributed by atoms with Crippen LogP contribution < -0.4 is 5.73 Å². The number of aliphatic hydroxyl groups is 1. The largest absolute Gasteiger partial charge is 0.392 e. The van der Waals surface area contributed by atoms with Crippen LogP contribution in [0.3, 0.4) is 0 Å². The summed E-state index contributed by atoms with van der Waals surface area (Å²) in [5.74, 6) is -0.395. The van der Waals surface area contributed by atoms with Crippen LogP contribution in [0.5, 0.6) is 0 Å². The van der Waals surface area contributed by atoms with Gasteiger partial charge in [0.1, 0.15) is 0 Å². The fourth-order valence-corrected chi connectivity index (χ4v) is 8.59. The Labute approximate surface area is 275 Å². The molecule has 3 aliphatic rings. The predicted molar refractivity (Wildman–Crippen MR) is 179 cm³/mol. The molecular weight excluding hydrogens is 606 g/mol. The highest BCUT2D eigenvalue weighted by molar-refractivity contribution is 7.91. The lowest BCUT2D eigenvalue weighted by Gasteiger charge is -2.38. The minimum Gasteiger partial charge on any atom is -0.392 e. The van der Waals surface area contributed by atoms with Crippen molar-refractivity contribution in [1.82, 2.24) is 0 Å². The molecule has 3 heterocycles. The molecule has 9 nitrogen and oxygen atoms in total. The average Bonchev–Trinajstić information content (AvgIpc) is 3.55. The molecule has 256 valence electrons. The first-order valence-corrected chi connectivity index (χ1v) is 18.1. The number of methoxy groups -OCH3 is 1. The van der Waals surface area contributed by atoms with Gasteiger partial charge in [-0.1, -0.05) is 56.5 Å². The van der Waals surface area contributed by atoms with Crippen molar-refractivity contribution in [2.75, 3.05) is 32.6 Å². The molecule has 0 spiro atoms. The van der Waals surface area contributed by atoms with Crippen molar-refractivity contribution in [1.29, 1.82) is 0 Å². The van der Waals surface area contributed by atoms with Crippen molar-refractivity contribution in [2.45, 2.75) is 99.2 Å². The molecule has 4 rings (SSSR count). The van der Waals surface area contributed by atoms with Crippen molar-refractivity contribution < 1.29 is 37.2 Å². The van der Waals surface area contributed by atoms with Gasteiger partial charge < -0.3 is 34.5 Å². The molecule has 0 aliphatic carbocycles. The van der Waals surface area contributed by atoms with Gasteiger partial charge in [-0.2, -0.15) is 0 Å². The minimum atomic E-state index is -3.64. The molecule has 0 saturated carbocycles. The maximum atomic E-state index is 13.5. The molecule has 3 N–H and O–H groups in total. The van der Waals surface area contributed by atoms with Crippen molar-refractivity contribution in [2.24, 2.45) is 17.6 Å². The van der Waals surface area contributed by atoms with Crippen LogP contribution in [0.15, 0.2) is 84.3 Å². The van der Waals surface area contributed by atoms with E-state index in [1.165, 1.54) is 0 Å². The lowest BCUT2D eigenvalue weighted by atomic mass is 9.83. The number of aliphatic hydroxyl groups excluding tert-OH is 1. The Morgan fingerprint density at radius 2 is 1.85 bits per heavy atom. The Bertz CT molecular complexity index is 1280. The molecule has 10 atom stereocenters. The monoisotopic (exact) mass is 659 g/mol. The number of hydrogen-bond acceptors (Lipinski definition) is 9. The normalized spacial score (nSPS) is 32.7. The maximum Gasteiger partial charge on any atom is 0.178 e. The Morgan fingerprint density at radius 1 is 1.09 bits per heavy atom. The standard InChI is InChI=1S/C36H53NO8S/c1-6-16-42-17-10-11-28-19-25(3)32(43-28)15-14-29-18-24(2)26(4)33(44-29)21-34-31(23-46(39,40)30-12-8-7-9-13-30)36(41-5)35(45-34)20-27(38)22-37/h6-13,24,27-29,31-36,38H,1,3-4,14-23,37H2,2,5H3/b11-10+/t24-,27?,28?,29+,31?,32?,33?,34+,35?,36-/m1/s1. The molecule has 0 amide bonds. The fourth-order valence-electron chi connectivity index (χ4n) is 6.92. The molecule has 1 aromatic rings. The number of rotatable bonds is 17. The van der Waals surface area contributed by atoms with E-state index in [0.29, 0.717) is 19.6 Å². The third-order valence-electron chi connectivity index (χ3n) is 9.45. The third-order valence-corrected chi connectivity index (χ3v) is 11.3. The molecule has 10 heteroatoms. The van der Waals surface area contributed by atoms with Gasteiger partial charge in [0.2, 0.25) is 0 Å². The lowest BCUT2D eigenvalue weighted by molar-refractivity contribution is -0.0766. The first-order chi connectivity index (χ1) is 22.1. The van der Waals surface area contributed by atoms with Crippen LogP contribution in [0.25, 0.3) is 0 Å². The average molecular weight is 660 g/mol. The summed E-state index contributed by atoms with van der Waals surface area (Å²) in [6, 6.07) is 8.44. The summed E-state index contributed by atoms with van der Waals surface area (Å²) in [6.45, 7) is 15.6. The molecule has 0 aromatic heterocycles. The second kappa shape index (κ2) is 17.3. The van der Waals surface area contributed by atoms with E-state index < -0.39 is 40.2 Å². The summed E-state index contributed by atoms with van der Waals surface area (Å²) in [4.78, 5) is 0.260. The Hall–Kier alpha value is -2.15. The molecule has 3 aliphatic heterocycles. The first kappa shape index (κ1) is 36.7. The first-order valence-electron chi connectivity index (χ1n) is 16.4. The lowest BCUT2D eigenvalue weighted by Crippen LogP contribution is -2.40. The van der Waals surface area contributed by atoms with Gasteiger partial charge in [0.05, 0.1) is 72.7 Å². The van der Waals surface area contributed by atoms with Gasteiger partial charge in [0, 0.05) is 38.8 Å². The van der Waals surface area contributed by atoms with Crippen molar-refractivity contribution in [3.05, 3.63) is 79.4 Å². The van der Waals surface area contributed by atoms with Gasteiger partial charge in [0.15, 0.2) is 9.84 Å². The predicted octanol–water partition coefficient (Wildman–Crippen LogP) is 4.56. The third kappa shape index (κ3) is 9.70. The summed E-state index contributed by atoms with van der Waals surface area (Å²) < 4.78 is 57.8. The SMILES string of the molecule is C=CCOC/C=C/C1CC(=C)C(CC[C@H]2C[C@@H](C)C(=C)C(C[C@@H]3OC(CC(O)CN)[C@H](OC)C3CS(=O)(=O)c3ccccc3)O2)O1. The Morgan fingerprint density at radius 3 is 2.54 bits per heavy atom. The van der Waals surface area contributed by atoms with Gasteiger partial charge in [-0.05, 0) is 48.5 Å². The van der Waals surface area contributed by atoms with E-state index in [1.807, 2.05) is 12.2 Å². The van der Waals surface area contributed by atoms with Crippen LogP contribution >= 0.6 is 0 Å². The second-order valence-corrected chi connectivity index (χ2v) is 14.9. The summed E-state index contributed by atoms with van der Waals surface area (Å²) in [5.41, 5.74) is 7.78. The zero-order valence-electron chi connectivity index (χ0n) is 27.4. The van der Waals surface area contributed by atoms with Crippen LogP contribution in [0.4, 0.5) is 0 Å². The summed E-state index contributed by atoms with van der Waals surface area (Å²) in [6.07, 6.45) is 7.02. The zero-order valence-corrected chi connectivity index (χ0v) is 28.2. The maximum absolute atomic E-state index is 13.5. The van der Waals surface area contributed by atoms with Crippen LogP contribution in [0.2, 0.25) is 0 Å². The molecule has 0 bridgehead atoms. The number of nitrogens with two attached hydrogens (primary N) is 1. The van der Waals surface area contributed by atoms with E-state index in [2.05, 4.69) is 26.7 Å². The van der Waals surface area contributed by atoms with Crippen LogP contribution in [0.1, 0.15) is 45.4 Å². The number of ether oxygens (including phenoxy) is 5. The Balaban J connectivity index is 1.42. The number of hydrogen-bond donors (Lipinski definition) is 2. The fraction of sp³-hybridized carbons (Fsp3) is 0.611. The zero-order chi connectivity index (χ0) is 33.3. The van der Waals surface area contributed by atoms with E-state index in [-0.39, 0.29) is 53.9 Å². The molecule has 3 saturated heterocycles. The van der Waals surface area contributed by atoms with Gasteiger partial charge in [0.25, 0.3) is 0 Å². The van der Waals surface area contributed by atoms with Crippen molar-refractivity contribution >= 4 is 9.84 Å². The topological polar surface area (TPSA) is 127 Å². The number of benzene rings is 1. The summed E-state index contributed by atoms with van der Waals surface area (Å²) >= 11 is 0. The summed E-state index contributed by atoms with van der Waals surface area (Å²) in [5, 5.41) is 10.4. The van der Waals surface area contributed by atoms with Gasteiger partial charge in [-0.15, -0.1) is 6.58 Å².